The van der Waals surface area contributed by atoms with Gasteiger partial charge in [0.25, 0.3) is 0 Å². The van der Waals surface area contributed by atoms with E-state index in [1.165, 1.54) is 4.88 Å². The van der Waals surface area contributed by atoms with Crippen molar-refractivity contribution in [2.45, 2.75) is 27.3 Å². The van der Waals surface area contributed by atoms with Crippen molar-refractivity contribution in [1.82, 2.24) is 15.0 Å². The molecule has 2 aromatic rings. The average molecular weight is 263 g/mol. The summed E-state index contributed by atoms with van der Waals surface area (Å²) in [6.07, 6.45) is 1.83. The zero-order chi connectivity index (χ0) is 13.0. The van der Waals surface area contributed by atoms with Crippen molar-refractivity contribution in [2.75, 3.05) is 17.2 Å². The Balaban J connectivity index is 2.08. The number of aryl methyl sites for hydroxylation is 2. The van der Waals surface area contributed by atoms with Gasteiger partial charge in [-0.15, -0.1) is 11.3 Å². The second kappa shape index (κ2) is 5.77. The Kier molecular flexibility index (Phi) is 4.09. The molecule has 0 amide bonds. The third-order valence-electron chi connectivity index (χ3n) is 2.57. The molecule has 96 valence electrons. The van der Waals surface area contributed by atoms with E-state index in [0.29, 0.717) is 5.95 Å². The number of anilines is 2. The molecule has 0 unspecified atom stereocenters. The van der Waals surface area contributed by atoms with Gasteiger partial charge in [0.2, 0.25) is 5.95 Å². The van der Waals surface area contributed by atoms with Crippen molar-refractivity contribution >= 4 is 23.1 Å². The Morgan fingerprint density at radius 1 is 1.22 bits per heavy atom. The summed E-state index contributed by atoms with van der Waals surface area (Å²) in [5.41, 5.74) is 3.98. The van der Waals surface area contributed by atoms with Crippen molar-refractivity contribution < 1.29 is 0 Å². The van der Waals surface area contributed by atoms with Gasteiger partial charge in [-0.05, 0) is 20.8 Å². The summed E-state index contributed by atoms with van der Waals surface area (Å²) in [5.74, 6) is 1.53. The summed E-state index contributed by atoms with van der Waals surface area (Å²) in [7, 11) is 0. The van der Waals surface area contributed by atoms with Gasteiger partial charge in [0.1, 0.15) is 5.82 Å². The van der Waals surface area contributed by atoms with Crippen LogP contribution in [0, 0.1) is 13.8 Å². The molecule has 0 bridgehead atoms. The highest BCUT2D eigenvalue weighted by atomic mass is 32.1. The first-order valence-electron chi connectivity index (χ1n) is 5.91. The largest absolute Gasteiger partial charge is 0.365 e. The van der Waals surface area contributed by atoms with Crippen LogP contribution in [0.1, 0.15) is 23.1 Å². The topological polar surface area (TPSA) is 62.7 Å². The van der Waals surface area contributed by atoms with Crippen molar-refractivity contribution in [3.05, 3.63) is 27.8 Å². The number of hydrogen-bond acceptors (Lipinski definition) is 6. The molecule has 0 fully saturated rings. The molecule has 0 atom stereocenters. The van der Waals surface area contributed by atoms with Gasteiger partial charge in [0, 0.05) is 23.2 Å². The quantitative estimate of drug-likeness (QED) is 0.868. The number of aromatic nitrogens is 3. The maximum atomic E-state index is 4.44. The summed E-state index contributed by atoms with van der Waals surface area (Å²) < 4.78 is 0. The van der Waals surface area contributed by atoms with Gasteiger partial charge in [-0.3, -0.25) is 0 Å². The zero-order valence-corrected chi connectivity index (χ0v) is 11.6. The first-order valence-corrected chi connectivity index (χ1v) is 6.79. The van der Waals surface area contributed by atoms with E-state index in [9.17, 15) is 0 Å². The molecule has 0 aromatic carbocycles. The number of hydrogen-bond donors (Lipinski definition) is 2. The van der Waals surface area contributed by atoms with E-state index in [-0.39, 0.29) is 0 Å². The third kappa shape index (κ3) is 2.95. The van der Waals surface area contributed by atoms with E-state index < -0.39 is 0 Å². The second-order valence-electron chi connectivity index (χ2n) is 3.97. The fraction of sp³-hybridized carbons (Fsp3) is 0.417. The molecule has 2 N–H and O–H groups in total. The fourth-order valence-electron chi connectivity index (χ4n) is 1.52. The van der Waals surface area contributed by atoms with Crippen LogP contribution in [0.3, 0.4) is 0 Å². The fourth-order valence-corrected chi connectivity index (χ4v) is 2.24. The smallest absolute Gasteiger partial charge is 0.224 e. The second-order valence-corrected chi connectivity index (χ2v) is 4.91. The van der Waals surface area contributed by atoms with E-state index in [2.05, 4.69) is 25.6 Å². The Morgan fingerprint density at radius 3 is 2.72 bits per heavy atom. The molecule has 5 nitrogen and oxygen atoms in total. The van der Waals surface area contributed by atoms with E-state index in [1.54, 1.807) is 11.3 Å². The minimum Gasteiger partial charge on any atom is -0.365 e. The molecule has 0 saturated heterocycles. The summed E-state index contributed by atoms with van der Waals surface area (Å²) in [6, 6.07) is 0. The highest BCUT2D eigenvalue weighted by molar-refractivity contribution is 7.09. The first-order chi connectivity index (χ1) is 8.70. The SMILES string of the molecule is CCNc1ncc(C)c(NCc2scnc2C)n1. The number of thiazole rings is 1. The monoisotopic (exact) mass is 263 g/mol. The van der Waals surface area contributed by atoms with Crippen LogP contribution in [0.4, 0.5) is 11.8 Å². The van der Waals surface area contributed by atoms with Crippen LogP contribution >= 0.6 is 11.3 Å². The van der Waals surface area contributed by atoms with E-state index in [4.69, 9.17) is 0 Å². The molecule has 0 spiro atoms. The van der Waals surface area contributed by atoms with Crippen LogP contribution < -0.4 is 10.6 Å². The molecule has 0 aliphatic rings. The van der Waals surface area contributed by atoms with Gasteiger partial charge in [-0.25, -0.2) is 9.97 Å². The molecule has 0 saturated carbocycles. The highest BCUT2D eigenvalue weighted by Crippen LogP contribution is 2.17. The molecule has 2 aromatic heterocycles. The highest BCUT2D eigenvalue weighted by Gasteiger charge is 2.05. The molecule has 2 heterocycles. The Morgan fingerprint density at radius 2 is 2.06 bits per heavy atom. The molecule has 0 radical (unpaired) electrons. The summed E-state index contributed by atoms with van der Waals surface area (Å²) in [6.45, 7) is 7.61. The maximum Gasteiger partial charge on any atom is 0.224 e. The predicted octanol–water partition coefficient (Wildman–Crippen LogP) is 2.59. The summed E-state index contributed by atoms with van der Waals surface area (Å²) in [4.78, 5) is 14.1. The molecular formula is C12H17N5S. The Bertz CT molecular complexity index is 523. The van der Waals surface area contributed by atoms with Crippen LogP contribution in [-0.2, 0) is 6.54 Å². The van der Waals surface area contributed by atoms with E-state index in [0.717, 1.165) is 30.2 Å². The van der Waals surface area contributed by atoms with Crippen LogP contribution in [0.15, 0.2) is 11.7 Å². The molecule has 0 aliphatic carbocycles. The average Bonchev–Trinajstić information content (AvgIpc) is 2.76. The predicted molar refractivity (Wildman–Crippen MR) is 75.1 cm³/mol. The van der Waals surface area contributed by atoms with Gasteiger partial charge in [0.15, 0.2) is 0 Å². The van der Waals surface area contributed by atoms with Crippen LogP contribution in [0.2, 0.25) is 0 Å². The lowest BCUT2D eigenvalue weighted by Crippen LogP contribution is -2.07. The van der Waals surface area contributed by atoms with Crippen LogP contribution in [0.25, 0.3) is 0 Å². The van der Waals surface area contributed by atoms with Crippen LogP contribution in [0.5, 0.6) is 0 Å². The Labute approximate surface area is 111 Å². The standard InChI is InChI=1S/C12H17N5S/c1-4-13-12-15-5-8(2)11(17-12)14-6-10-9(3)16-7-18-10/h5,7H,4,6H2,1-3H3,(H2,13,14,15,17). The molecule has 2 rings (SSSR count). The van der Waals surface area contributed by atoms with Crippen LogP contribution in [-0.4, -0.2) is 21.5 Å². The van der Waals surface area contributed by atoms with Crippen molar-refractivity contribution in [3.8, 4) is 0 Å². The number of nitrogens with zero attached hydrogens (tertiary/aromatic N) is 3. The minimum atomic E-state index is 0.659. The lowest BCUT2D eigenvalue weighted by Gasteiger charge is -2.09. The van der Waals surface area contributed by atoms with Crippen molar-refractivity contribution in [2.24, 2.45) is 0 Å². The minimum absolute atomic E-state index is 0.659. The van der Waals surface area contributed by atoms with E-state index in [1.807, 2.05) is 32.5 Å². The molecule has 6 heteroatoms. The molecule has 18 heavy (non-hydrogen) atoms. The van der Waals surface area contributed by atoms with Gasteiger partial charge < -0.3 is 10.6 Å². The van der Waals surface area contributed by atoms with Crippen molar-refractivity contribution in [1.29, 1.82) is 0 Å². The van der Waals surface area contributed by atoms with E-state index >= 15 is 0 Å². The third-order valence-corrected chi connectivity index (χ3v) is 3.50. The normalized spacial score (nSPS) is 10.4. The van der Waals surface area contributed by atoms with Gasteiger partial charge in [0.05, 0.1) is 17.7 Å². The number of rotatable bonds is 5. The lowest BCUT2D eigenvalue weighted by molar-refractivity contribution is 1.03. The van der Waals surface area contributed by atoms with Gasteiger partial charge in [-0.1, -0.05) is 0 Å². The maximum absolute atomic E-state index is 4.44. The first kappa shape index (κ1) is 12.8. The zero-order valence-electron chi connectivity index (χ0n) is 10.8. The molecular weight excluding hydrogens is 246 g/mol. The summed E-state index contributed by atoms with van der Waals surface area (Å²) in [5, 5.41) is 6.44. The van der Waals surface area contributed by atoms with Crippen molar-refractivity contribution in [3.63, 3.8) is 0 Å². The Hall–Kier alpha value is -1.69. The summed E-state index contributed by atoms with van der Waals surface area (Å²) >= 11 is 1.66. The molecule has 0 aliphatic heterocycles. The van der Waals surface area contributed by atoms with Gasteiger partial charge in [-0.2, -0.15) is 4.98 Å². The van der Waals surface area contributed by atoms with Gasteiger partial charge >= 0.3 is 0 Å². The number of nitrogens with one attached hydrogen (secondary N) is 2. The lowest BCUT2D eigenvalue weighted by atomic mass is 10.3.